The number of carbonyl (C=O) groups excluding carboxylic acids is 2. The summed E-state index contributed by atoms with van der Waals surface area (Å²) in [4.78, 5) is 41.0. The Balaban J connectivity index is 2.09. The van der Waals surface area contributed by atoms with Crippen LogP contribution in [0.25, 0.3) is 10.9 Å². The third-order valence-corrected chi connectivity index (χ3v) is 4.77. The minimum absolute atomic E-state index is 0.0265. The number of fused-ring (bicyclic) bond motifs is 1. The number of unbranched alkanes of at least 4 members (excludes halogenated alkanes) is 1. The van der Waals surface area contributed by atoms with Gasteiger partial charge in [0, 0.05) is 12.6 Å². The fourth-order valence-corrected chi connectivity index (χ4v) is 3.36. The zero-order valence-corrected chi connectivity index (χ0v) is 16.8. The topological polar surface area (TPSA) is 93.1 Å². The van der Waals surface area contributed by atoms with Crippen LogP contribution in [0.1, 0.15) is 33.6 Å². The smallest absolute Gasteiger partial charge is 0.262 e. The largest absolute Gasteiger partial charge is 0.352 e. The van der Waals surface area contributed by atoms with Crippen molar-refractivity contribution in [3.8, 4) is 0 Å². The Labute approximate surface area is 162 Å². The summed E-state index contributed by atoms with van der Waals surface area (Å²) in [6, 6.07) is 7.24. The second kappa shape index (κ2) is 10.1. The molecule has 27 heavy (non-hydrogen) atoms. The first kappa shape index (κ1) is 21.0. The number of carbonyl (C=O) groups is 2. The lowest BCUT2D eigenvalue weighted by molar-refractivity contribution is -0.125. The summed E-state index contributed by atoms with van der Waals surface area (Å²) in [5.41, 5.74) is 0.530. The van der Waals surface area contributed by atoms with Gasteiger partial charge in [-0.1, -0.05) is 37.2 Å². The lowest BCUT2D eigenvalue weighted by Crippen LogP contribution is -2.40. The van der Waals surface area contributed by atoms with E-state index in [1.165, 1.54) is 11.8 Å². The van der Waals surface area contributed by atoms with Gasteiger partial charge in [0.15, 0.2) is 5.16 Å². The van der Waals surface area contributed by atoms with E-state index in [9.17, 15) is 14.4 Å². The second-order valence-electron chi connectivity index (χ2n) is 6.51. The molecule has 2 amide bonds. The molecule has 1 aromatic heterocycles. The second-order valence-corrected chi connectivity index (χ2v) is 7.45. The van der Waals surface area contributed by atoms with E-state index in [0.29, 0.717) is 22.6 Å². The first-order valence-corrected chi connectivity index (χ1v) is 10.1. The molecule has 1 aromatic carbocycles. The zero-order chi connectivity index (χ0) is 19.8. The molecule has 8 heteroatoms. The van der Waals surface area contributed by atoms with E-state index in [2.05, 4.69) is 22.5 Å². The molecule has 0 atom stereocenters. The molecule has 146 valence electrons. The Morgan fingerprint density at radius 2 is 1.96 bits per heavy atom. The molecule has 0 aliphatic carbocycles. The zero-order valence-electron chi connectivity index (χ0n) is 15.9. The van der Waals surface area contributed by atoms with Crippen molar-refractivity contribution in [2.75, 3.05) is 12.3 Å². The molecule has 0 spiro atoms. The highest BCUT2D eigenvalue weighted by molar-refractivity contribution is 7.99. The van der Waals surface area contributed by atoms with Crippen LogP contribution in [0.3, 0.4) is 0 Å². The third-order valence-electron chi connectivity index (χ3n) is 3.79. The molecule has 0 radical (unpaired) electrons. The number of nitrogens with one attached hydrogen (secondary N) is 2. The number of para-hydroxylation sites is 1. The maximum absolute atomic E-state index is 12.8. The molecule has 2 aromatic rings. The summed E-state index contributed by atoms with van der Waals surface area (Å²) >= 11 is 1.21. The van der Waals surface area contributed by atoms with E-state index in [-0.39, 0.29) is 35.7 Å². The van der Waals surface area contributed by atoms with E-state index < -0.39 is 0 Å². The number of benzene rings is 1. The van der Waals surface area contributed by atoms with Gasteiger partial charge < -0.3 is 10.6 Å². The van der Waals surface area contributed by atoms with Crippen molar-refractivity contribution >= 4 is 34.5 Å². The number of hydrogen-bond acceptors (Lipinski definition) is 5. The summed E-state index contributed by atoms with van der Waals surface area (Å²) in [6.45, 7) is 6.27. The Kier molecular flexibility index (Phi) is 7.84. The van der Waals surface area contributed by atoms with Crippen molar-refractivity contribution in [2.45, 2.75) is 51.4 Å². The van der Waals surface area contributed by atoms with Gasteiger partial charge in [0.25, 0.3) is 5.56 Å². The predicted molar refractivity (Wildman–Crippen MR) is 108 cm³/mol. The first-order chi connectivity index (χ1) is 12.9. The van der Waals surface area contributed by atoms with Gasteiger partial charge in [-0.25, -0.2) is 4.98 Å². The summed E-state index contributed by atoms with van der Waals surface area (Å²) in [5.74, 6) is -0.415. The Bertz CT molecular complexity index is 864. The normalized spacial score (nSPS) is 11.0. The average molecular weight is 391 g/mol. The van der Waals surface area contributed by atoms with Crippen molar-refractivity contribution in [1.29, 1.82) is 0 Å². The molecular formula is C19H26N4O3S. The van der Waals surface area contributed by atoms with Crippen LogP contribution in [0, 0.1) is 0 Å². The van der Waals surface area contributed by atoms with E-state index in [1.54, 1.807) is 16.7 Å². The van der Waals surface area contributed by atoms with Crippen molar-refractivity contribution in [3.63, 3.8) is 0 Å². The van der Waals surface area contributed by atoms with E-state index in [1.807, 2.05) is 26.0 Å². The summed E-state index contributed by atoms with van der Waals surface area (Å²) in [7, 11) is 0. The highest BCUT2D eigenvalue weighted by Crippen LogP contribution is 2.18. The molecule has 1 heterocycles. The Morgan fingerprint density at radius 3 is 2.67 bits per heavy atom. The van der Waals surface area contributed by atoms with Gasteiger partial charge in [-0.2, -0.15) is 0 Å². The predicted octanol–water partition coefficient (Wildman–Crippen LogP) is 1.93. The molecule has 0 bridgehead atoms. The van der Waals surface area contributed by atoms with Crippen LogP contribution >= 0.6 is 11.8 Å². The monoisotopic (exact) mass is 390 g/mol. The fourth-order valence-electron chi connectivity index (χ4n) is 2.50. The first-order valence-electron chi connectivity index (χ1n) is 9.10. The number of nitrogens with zero attached hydrogens (tertiary/aromatic N) is 2. The van der Waals surface area contributed by atoms with Gasteiger partial charge in [-0.15, -0.1) is 0 Å². The minimum Gasteiger partial charge on any atom is -0.352 e. The molecule has 2 N–H and O–H groups in total. The lowest BCUT2D eigenvalue weighted by atomic mass is 10.2. The van der Waals surface area contributed by atoms with Crippen LogP contribution in [0.2, 0.25) is 0 Å². The van der Waals surface area contributed by atoms with Crippen molar-refractivity contribution < 1.29 is 9.59 Å². The van der Waals surface area contributed by atoms with Crippen LogP contribution < -0.4 is 16.2 Å². The number of amides is 2. The van der Waals surface area contributed by atoms with Crippen LogP contribution in [0.15, 0.2) is 34.2 Å². The molecular weight excluding hydrogens is 364 g/mol. The molecule has 7 nitrogen and oxygen atoms in total. The number of aromatic nitrogens is 2. The maximum Gasteiger partial charge on any atom is 0.262 e. The van der Waals surface area contributed by atoms with Crippen LogP contribution in [-0.4, -0.2) is 39.7 Å². The van der Waals surface area contributed by atoms with Crippen molar-refractivity contribution in [1.82, 2.24) is 20.2 Å². The fraction of sp³-hybridized carbons (Fsp3) is 0.474. The van der Waals surface area contributed by atoms with Gasteiger partial charge in [0.1, 0.15) is 0 Å². The number of rotatable bonds is 9. The highest BCUT2D eigenvalue weighted by atomic mass is 32.2. The summed E-state index contributed by atoms with van der Waals surface area (Å²) < 4.78 is 1.63. The van der Waals surface area contributed by atoms with Gasteiger partial charge in [0.05, 0.1) is 23.2 Å². The summed E-state index contributed by atoms with van der Waals surface area (Å²) in [5, 5.41) is 6.40. The van der Waals surface area contributed by atoms with Gasteiger partial charge in [-0.3, -0.25) is 19.0 Å². The molecule has 2 rings (SSSR count). The van der Waals surface area contributed by atoms with Crippen molar-refractivity contribution in [3.05, 3.63) is 34.6 Å². The minimum atomic E-state index is -0.275. The molecule has 0 saturated carbocycles. The Hall–Kier alpha value is -2.35. The van der Waals surface area contributed by atoms with Crippen molar-refractivity contribution in [2.24, 2.45) is 0 Å². The number of hydrogen-bond donors (Lipinski definition) is 2. The van der Waals surface area contributed by atoms with Crippen LogP contribution in [-0.2, 0) is 16.1 Å². The SMILES string of the molecule is CCCCn1c(SCC(=O)NCC(=O)NC(C)C)nc2ccccc2c1=O. The molecule has 0 unspecified atom stereocenters. The van der Waals surface area contributed by atoms with Gasteiger partial charge >= 0.3 is 0 Å². The van der Waals surface area contributed by atoms with E-state index >= 15 is 0 Å². The quantitative estimate of drug-likeness (QED) is 0.504. The molecule has 0 fully saturated rings. The summed E-state index contributed by atoms with van der Waals surface area (Å²) in [6.07, 6.45) is 1.81. The van der Waals surface area contributed by atoms with Gasteiger partial charge in [0.2, 0.25) is 11.8 Å². The third kappa shape index (κ3) is 6.09. The van der Waals surface area contributed by atoms with E-state index in [0.717, 1.165) is 12.8 Å². The van der Waals surface area contributed by atoms with E-state index in [4.69, 9.17) is 0 Å². The molecule has 0 aliphatic rings. The number of thioether (sulfide) groups is 1. The standard InChI is InChI=1S/C19H26N4O3S/c1-4-5-10-23-18(26)14-8-6-7-9-15(14)22-19(23)27-12-17(25)20-11-16(24)21-13(2)3/h6-9,13H,4-5,10-12H2,1-3H3,(H,20,25)(H,21,24). The average Bonchev–Trinajstić information content (AvgIpc) is 2.63. The van der Waals surface area contributed by atoms with Crippen LogP contribution in [0.4, 0.5) is 0 Å². The van der Waals surface area contributed by atoms with Crippen LogP contribution in [0.5, 0.6) is 0 Å². The lowest BCUT2D eigenvalue weighted by Gasteiger charge is -2.13. The Morgan fingerprint density at radius 1 is 1.22 bits per heavy atom. The van der Waals surface area contributed by atoms with Gasteiger partial charge in [-0.05, 0) is 32.4 Å². The maximum atomic E-state index is 12.8. The molecule has 0 saturated heterocycles. The molecule has 0 aliphatic heterocycles. The highest BCUT2D eigenvalue weighted by Gasteiger charge is 2.13.